The zero-order valence-corrected chi connectivity index (χ0v) is 14.0. The lowest BCUT2D eigenvalue weighted by Gasteiger charge is -2.43. The normalized spacial score (nSPS) is 33.7. The number of carbonyl (C=O) groups is 1. The van der Waals surface area contributed by atoms with Crippen molar-refractivity contribution in [2.24, 2.45) is 0 Å². The molecule has 0 saturated carbocycles. The number of nitrogens with one attached hydrogen (secondary N) is 2. The summed E-state index contributed by atoms with van der Waals surface area (Å²) in [5.74, 6) is 2.43. The summed E-state index contributed by atoms with van der Waals surface area (Å²) in [4.78, 5) is 14.8. The average Bonchev–Trinajstić information content (AvgIpc) is 3.05. The van der Waals surface area contributed by atoms with E-state index in [2.05, 4.69) is 15.5 Å². The molecule has 0 radical (unpaired) electrons. The first-order chi connectivity index (χ1) is 10.8. The van der Waals surface area contributed by atoms with Gasteiger partial charge in [-0.3, -0.25) is 9.69 Å². The molecular weight excluding hydrogens is 302 g/mol. The van der Waals surface area contributed by atoms with Crippen LogP contribution in [0.25, 0.3) is 0 Å². The van der Waals surface area contributed by atoms with E-state index in [1.165, 1.54) is 5.75 Å². The minimum atomic E-state index is 0.126. The fourth-order valence-electron chi connectivity index (χ4n) is 3.44. The lowest BCUT2D eigenvalue weighted by atomic mass is 9.95. The fourth-order valence-corrected chi connectivity index (χ4v) is 4.92. The molecule has 0 aromatic carbocycles. The highest BCUT2D eigenvalue weighted by atomic mass is 32.2. The molecule has 6 nitrogen and oxygen atoms in total. The van der Waals surface area contributed by atoms with Crippen LogP contribution in [0.4, 0.5) is 0 Å². The van der Waals surface area contributed by atoms with Crippen molar-refractivity contribution in [3.63, 3.8) is 0 Å². The Morgan fingerprint density at radius 1 is 1.32 bits per heavy atom. The number of thioether (sulfide) groups is 1. The number of carbonyl (C=O) groups excluding carboxylic acids is 1. The number of morpholine rings is 2. The third kappa shape index (κ3) is 4.14. The van der Waals surface area contributed by atoms with Crippen molar-refractivity contribution in [2.45, 2.75) is 24.4 Å². The van der Waals surface area contributed by atoms with E-state index in [1.807, 2.05) is 11.8 Å². The molecule has 3 aliphatic heterocycles. The van der Waals surface area contributed by atoms with E-state index < -0.39 is 0 Å². The summed E-state index contributed by atoms with van der Waals surface area (Å²) in [6.45, 7) is 6.56. The van der Waals surface area contributed by atoms with Crippen LogP contribution in [-0.4, -0.2) is 86.5 Å². The molecule has 0 bridgehead atoms. The van der Waals surface area contributed by atoms with E-state index in [9.17, 15) is 4.79 Å². The Morgan fingerprint density at radius 2 is 2.18 bits per heavy atom. The molecule has 3 rings (SSSR count). The van der Waals surface area contributed by atoms with E-state index in [1.54, 1.807) is 0 Å². The van der Waals surface area contributed by atoms with Gasteiger partial charge in [0.1, 0.15) is 0 Å². The SMILES string of the molecule is O=C(CC1COCCN1)NCC1(N2CCOCC2)CCSC1. The topological polar surface area (TPSA) is 62.8 Å². The Balaban J connectivity index is 1.49. The van der Waals surface area contributed by atoms with Crippen LogP contribution in [0.5, 0.6) is 0 Å². The largest absolute Gasteiger partial charge is 0.379 e. The standard InChI is InChI=1S/C15H27N3O3S/c19-14(9-13-10-21-5-2-16-13)17-11-15(1-8-22-12-15)18-3-6-20-7-4-18/h13,16H,1-12H2,(H,17,19). The van der Waals surface area contributed by atoms with E-state index >= 15 is 0 Å². The van der Waals surface area contributed by atoms with E-state index in [0.717, 1.165) is 58.2 Å². The van der Waals surface area contributed by atoms with Gasteiger partial charge in [0.15, 0.2) is 0 Å². The molecular formula is C15H27N3O3S. The number of ether oxygens (including phenoxy) is 2. The minimum Gasteiger partial charge on any atom is -0.379 e. The summed E-state index contributed by atoms with van der Waals surface area (Å²) in [6.07, 6.45) is 1.66. The second-order valence-corrected chi connectivity index (χ2v) is 7.44. The highest BCUT2D eigenvalue weighted by Gasteiger charge is 2.40. The molecule has 7 heteroatoms. The van der Waals surface area contributed by atoms with Crippen molar-refractivity contribution in [3.05, 3.63) is 0 Å². The molecule has 3 saturated heterocycles. The first kappa shape index (κ1) is 16.5. The highest BCUT2D eigenvalue weighted by Crippen LogP contribution is 2.33. The zero-order chi connectivity index (χ0) is 15.3. The first-order valence-electron chi connectivity index (χ1n) is 8.27. The Kier molecular flexibility index (Phi) is 5.98. The van der Waals surface area contributed by atoms with Crippen LogP contribution < -0.4 is 10.6 Å². The monoisotopic (exact) mass is 329 g/mol. The molecule has 22 heavy (non-hydrogen) atoms. The maximum Gasteiger partial charge on any atom is 0.221 e. The molecule has 3 aliphatic rings. The predicted octanol–water partition coefficient (Wildman–Crippen LogP) is -0.311. The number of rotatable bonds is 5. The number of amides is 1. The van der Waals surface area contributed by atoms with Gasteiger partial charge in [0.2, 0.25) is 5.91 Å². The molecule has 3 heterocycles. The molecule has 2 N–H and O–H groups in total. The van der Waals surface area contributed by atoms with Crippen molar-refractivity contribution < 1.29 is 14.3 Å². The molecule has 2 atom stereocenters. The van der Waals surface area contributed by atoms with Gasteiger partial charge >= 0.3 is 0 Å². The van der Waals surface area contributed by atoms with Gasteiger partial charge in [-0.15, -0.1) is 0 Å². The van der Waals surface area contributed by atoms with Crippen molar-refractivity contribution in [2.75, 3.05) is 64.1 Å². The van der Waals surface area contributed by atoms with Crippen LogP contribution in [0.1, 0.15) is 12.8 Å². The Hall–Kier alpha value is -0.340. The lowest BCUT2D eigenvalue weighted by molar-refractivity contribution is -0.123. The molecule has 126 valence electrons. The second-order valence-electron chi connectivity index (χ2n) is 6.33. The third-order valence-corrected chi connectivity index (χ3v) is 6.04. The van der Waals surface area contributed by atoms with E-state index in [-0.39, 0.29) is 17.5 Å². The van der Waals surface area contributed by atoms with Gasteiger partial charge in [-0.25, -0.2) is 0 Å². The predicted molar refractivity (Wildman–Crippen MR) is 87.3 cm³/mol. The van der Waals surface area contributed by atoms with Gasteiger partial charge in [-0.05, 0) is 12.2 Å². The van der Waals surface area contributed by atoms with Crippen LogP contribution in [-0.2, 0) is 14.3 Å². The maximum absolute atomic E-state index is 12.2. The van der Waals surface area contributed by atoms with Crippen molar-refractivity contribution in [1.82, 2.24) is 15.5 Å². The molecule has 2 unspecified atom stereocenters. The van der Waals surface area contributed by atoms with Gasteiger partial charge in [-0.1, -0.05) is 0 Å². The summed E-state index contributed by atoms with van der Waals surface area (Å²) in [5.41, 5.74) is 0.126. The third-order valence-electron chi connectivity index (χ3n) is 4.81. The summed E-state index contributed by atoms with van der Waals surface area (Å²) in [6, 6.07) is 0.158. The number of nitrogens with zero attached hydrogens (tertiary/aromatic N) is 1. The van der Waals surface area contributed by atoms with Crippen molar-refractivity contribution in [1.29, 1.82) is 0 Å². The van der Waals surface area contributed by atoms with Gasteiger partial charge in [0.25, 0.3) is 0 Å². The first-order valence-corrected chi connectivity index (χ1v) is 9.42. The molecule has 0 aliphatic carbocycles. The summed E-state index contributed by atoms with van der Waals surface area (Å²) >= 11 is 2.00. The highest BCUT2D eigenvalue weighted by molar-refractivity contribution is 7.99. The summed E-state index contributed by atoms with van der Waals surface area (Å²) in [5, 5.41) is 6.51. The van der Waals surface area contributed by atoms with E-state index in [4.69, 9.17) is 9.47 Å². The van der Waals surface area contributed by atoms with Crippen molar-refractivity contribution in [3.8, 4) is 0 Å². The van der Waals surface area contributed by atoms with Crippen LogP contribution in [0.15, 0.2) is 0 Å². The molecule has 0 aromatic rings. The zero-order valence-electron chi connectivity index (χ0n) is 13.1. The quantitative estimate of drug-likeness (QED) is 0.721. The minimum absolute atomic E-state index is 0.126. The average molecular weight is 329 g/mol. The number of hydrogen-bond acceptors (Lipinski definition) is 6. The molecule has 0 spiro atoms. The summed E-state index contributed by atoms with van der Waals surface area (Å²) in [7, 11) is 0. The van der Waals surface area contributed by atoms with Gasteiger partial charge < -0.3 is 20.1 Å². The van der Waals surface area contributed by atoms with Crippen LogP contribution in [0.2, 0.25) is 0 Å². The molecule has 1 amide bonds. The van der Waals surface area contributed by atoms with Crippen LogP contribution in [0.3, 0.4) is 0 Å². The smallest absolute Gasteiger partial charge is 0.221 e. The van der Waals surface area contributed by atoms with Gasteiger partial charge in [0, 0.05) is 49.9 Å². The Labute approximate surface area is 136 Å². The van der Waals surface area contributed by atoms with Crippen LogP contribution >= 0.6 is 11.8 Å². The van der Waals surface area contributed by atoms with Crippen LogP contribution in [0, 0.1) is 0 Å². The molecule has 3 fully saturated rings. The maximum atomic E-state index is 12.2. The lowest BCUT2D eigenvalue weighted by Crippen LogP contribution is -2.59. The van der Waals surface area contributed by atoms with Crippen molar-refractivity contribution >= 4 is 17.7 Å². The Bertz CT molecular complexity index is 365. The van der Waals surface area contributed by atoms with Gasteiger partial charge in [-0.2, -0.15) is 11.8 Å². The Morgan fingerprint density at radius 3 is 2.86 bits per heavy atom. The summed E-state index contributed by atoms with van der Waals surface area (Å²) < 4.78 is 10.9. The van der Waals surface area contributed by atoms with Gasteiger partial charge in [0.05, 0.1) is 26.4 Å². The number of hydrogen-bond donors (Lipinski definition) is 2. The molecule has 0 aromatic heterocycles. The van der Waals surface area contributed by atoms with E-state index in [0.29, 0.717) is 13.0 Å². The fraction of sp³-hybridized carbons (Fsp3) is 0.933. The second kappa shape index (κ2) is 7.97.